The van der Waals surface area contributed by atoms with Crippen molar-refractivity contribution in [3.8, 4) is 0 Å². The Hall–Kier alpha value is -0.610. The van der Waals surface area contributed by atoms with Crippen LogP contribution in [0.1, 0.15) is 44.9 Å². The van der Waals surface area contributed by atoms with Crippen LogP contribution in [0.25, 0.3) is 0 Å². The summed E-state index contributed by atoms with van der Waals surface area (Å²) in [5.41, 5.74) is 5.95. The van der Waals surface area contributed by atoms with E-state index in [4.69, 9.17) is 5.73 Å². The van der Waals surface area contributed by atoms with Gasteiger partial charge in [0.1, 0.15) is 0 Å². The van der Waals surface area contributed by atoms with Gasteiger partial charge in [0.05, 0.1) is 0 Å². The van der Waals surface area contributed by atoms with Gasteiger partial charge in [-0.1, -0.05) is 12.8 Å². The number of hydrogen-bond donors (Lipinski definition) is 1. The minimum absolute atomic E-state index is 0.201. The molecule has 1 saturated carbocycles. The van der Waals surface area contributed by atoms with E-state index in [2.05, 4.69) is 4.90 Å². The molecule has 0 aromatic rings. The number of nitrogens with zero attached hydrogens (tertiary/aromatic N) is 2. The molecule has 2 unspecified atom stereocenters. The highest BCUT2D eigenvalue weighted by atomic mass is 16.2. The summed E-state index contributed by atoms with van der Waals surface area (Å²) < 4.78 is 0. The van der Waals surface area contributed by atoms with Crippen LogP contribution in [0.5, 0.6) is 0 Å². The van der Waals surface area contributed by atoms with Gasteiger partial charge in [0.15, 0.2) is 0 Å². The molecule has 1 aliphatic carbocycles. The van der Waals surface area contributed by atoms with Gasteiger partial charge in [-0.25, -0.2) is 0 Å². The van der Waals surface area contributed by atoms with Crippen molar-refractivity contribution in [2.24, 2.45) is 11.7 Å². The van der Waals surface area contributed by atoms with Crippen LogP contribution < -0.4 is 5.73 Å². The quantitative estimate of drug-likeness (QED) is 0.820. The Morgan fingerprint density at radius 3 is 2.53 bits per heavy atom. The standard InChI is InChI=1S/C15H29N3O/c1-17(2)15(19)10-13(11-16)18-9-5-8-14(18)12-6-3-4-7-12/h12-14H,3-11,16H2,1-2H3. The lowest BCUT2D eigenvalue weighted by atomic mass is 9.94. The number of hydrogen-bond acceptors (Lipinski definition) is 3. The Morgan fingerprint density at radius 2 is 1.95 bits per heavy atom. The maximum Gasteiger partial charge on any atom is 0.223 e. The van der Waals surface area contributed by atoms with Crippen LogP contribution in [-0.4, -0.2) is 55.0 Å². The van der Waals surface area contributed by atoms with Crippen molar-refractivity contribution in [1.29, 1.82) is 0 Å². The highest BCUT2D eigenvalue weighted by Gasteiger charge is 2.37. The fourth-order valence-electron chi connectivity index (χ4n) is 3.84. The van der Waals surface area contributed by atoms with E-state index in [-0.39, 0.29) is 11.9 Å². The second-order valence-corrected chi connectivity index (χ2v) is 6.37. The van der Waals surface area contributed by atoms with E-state index in [1.54, 1.807) is 4.90 Å². The van der Waals surface area contributed by atoms with Gasteiger partial charge in [-0.3, -0.25) is 9.69 Å². The average molecular weight is 267 g/mol. The van der Waals surface area contributed by atoms with Gasteiger partial charge < -0.3 is 10.6 Å². The van der Waals surface area contributed by atoms with Gasteiger partial charge in [-0.2, -0.15) is 0 Å². The van der Waals surface area contributed by atoms with Crippen molar-refractivity contribution >= 4 is 5.91 Å². The lowest BCUT2D eigenvalue weighted by Gasteiger charge is -2.35. The van der Waals surface area contributed by atoms with Gasteiger partial charge in [-0.15, -0.1) is 0 Å². The zero-order valence-electron chi connectivity index (χ0n) is 12.5. The van der Waals surface area contributed by atoms with Crippen LogP contribution in [0.4, 0.5) is 0 Å². The Labute approximate surface area is 117 Å². The molecule has 19 heavy (non-hydrogen) atoms. The molecular formula is C15H29N3O. The molecule has 4 heteroatoms. The third-order valence-electron chi connectivity index (χ3n) is 4.94. The fraction of sp³-hybridized carbons (Fsp3) is 0.933. The summed E-state index contributed by atoms with van der Waals surface area (Å²) in [5.74, 6) is 1.05. The van der Waals surface area contributed by atoms with E-state index < -0.39 is 0 Å². The van der Waals surface area contributed by atoms with Crippen molar-refractivity contribution in [2.75, 3.05) is 27.2 Å². The summed E-state index contributed by atoms with van der Waals surface area (Å²) in [7, 11) is 3.66. The van der Waals surface area contributed by atoms with Gasteiger partial charge in [0, 0.05) is 39.1 Å². The van der Waals surface area contributed by atoms with Gasteiger partial charge in [0.2, 0.25) is 5.91 Å². The van der Waals surface area contributed by atoms with Crippen molar-refractivity contribution < 1.29 is 4.79 Å². The Morgan fingerprint density at radius 1 is 1.26 bits per heavy atom. The van der Waals surface area contributed by atoms with Crippen molar-refractivity contribution in [3.05, 3.63) is 0 Å². The predicted molar refractivity (Wildman–Crippen MR) is 77.8 cm³/mol. The zero-order valence-corrected chi connectivity index (χ0v) is 12.5. The van der Waals surface area contributed by atoms with E-state index in [0.29, 0.717) is 19.0 Å². The Kier molecular flexibility index (Phi) is 5.22. The van der Waals surface area contributed by atoms with Crippen LogP contribution in [0.15, 0.2) is 0 Å². The Bertz CT molecular complexity index is 300. The first kappa shape index (κ1) is 14.8. The van der Waals surface area contributed by atoms with Crippen LogP contribution in [-0.2, 0) is 4.79 Å². The second-order valence-electron chi connectivity index (χ2n) is 6.37. The van der Waals surface area contributed by atoms with E-state index in [1.165, 1.54) is 38.5 Å². The third-order valence-corrected chi connectivity index (χ3v) is 4.94. The number of nitrogens with two attached hydrogens (primary N) is 1. The molecule has 1 saturated heterocycles. The zero-order chi connectivity index (χ0) is 13.8. The third kappa shape index (κ3) is 3.48. The van der Waals surface area contributed by atoms with Crippen LogP contribution in [0.2, 0.25) is 0 Å². The highest BCUT2D eigenvalue weighted by Crippen LogP contribution is 2.36. The first-order valence-electron chi connectivity index (χ1n) is 7.79. The molecule has 2 rings (SSSR count). The molecule has 4 nitrogen and oxygen atoms in total. The van der Waals surface area contributed by atoms with Gasteiger partial charge in [-0.05, 0) is 38.1 Å². The predicted octanol–water partition coefficient (Wildman–Crippen LogP) is 1.45. The summed E-state index contributed by atoms with van der Waals surface area (Å²) >= 11 is 0. The highest BCUT2D eigenvalue weighted by molar-refractivity contribution is 5.76. The summed E-state index contributed by atoms with van der Waals surface area (Å²) in [6, 6.07) is 0.925. The average Bonchev–Trinajstić information content (AvgIpc) is 3.04. The molecule has 0 aromatic heterocycles. The molecule has 1 aliphatic heterocycles. The van der Waals surface area contributed by atoms with Crippen molar-refractivity contribution in [1.82, 2.24) is 9.80 Å². The largest absolute Gasteiger partial charge is 0.349 e. The maximum atomic E-state index is 11.9. The van der Waals surface area contributed by atoms with E-state index in [0.717, 1.165) is 12.5 Å². The number of carbonyl (C=O) groups excluding carboxylic acids is 1. The molecule has 1 amide bonds. The lowest BCUT2D eigenvalue weighted by molar-refractivity contribution is -0.130. The van der Waals surface area contributed by atoms with E-state index >= 15 is 0 Å². The summed E-state index contributed by atoms with van der Waals surface area (Å²) in [5, 5.41) is 0. The number of amides is 1. The number of carbonyl (C=O) groups is 1. The fourth-order valence-corrected chi connectivity index (χ4v) is 3.84. The molecule has 0 spiro atoms. The van der Waals surface area contributed by atoms with Crippen LogP contribution in [0.3, 0.4) is 0 Å². The summed E-state index contributed by atoms with van der Waals surface area (Å²) in [6.07, 6.45) is 8.68. The smallest absolute Gasteiger partial charge is 0.223 e. The minimum atomic E-state index is 0.201. The topological polar surface area (TPSA) is 49.6 Å². The van der Waals surface area contributed by atoms with Crippen molar-refractivity contribution in [2.45, 2.75) is 57.0 Å². The van der Waals surface area contributed by atoms with E-state index in [1.807, 2.05) is 14.1 Å². The monoisotopic (exact) mass is 267 g/mol. The van der Waals surface area contributed by atoms with E-state index in [9.17, 15) is 4.79 Å². The molecule has 1 heterocycles. The molecule has 0 bridgehead atoms. The minimum Gasteiger partial charge on any atom is -0.349 e. The molecule has 2 fully saturated rings. The van der Waals surface area contributed by atoms with Crippen LogP contribution in [0, 0.1) is 5.92 Å². The first-order valence-corrected chi connectivity index (χ1v) is 7.79. The molecule has 2 atom stereocenters. The normalized spacial score (nSPS) is 26.8. The molecule has 2 N–H and O–H groups in total. The molecule has 110 valence electrons. The molecule has 2 aliphatic rings. The number of rotatable bonds is 5. The van der Waals surface area contributed by atoms with Gasteiger partial charge >= 0.3 is 0 Å². The summed E-state index contributed by atoms with van der Waals surface area (Å²) in [6.45, 7) is 1.73. The lowest BCUT2D eigenvalue weighted by Crippen LogP contribution is -2.48. The second kappa shape index (κ2) is 6.71. The molecule has 0 aromatic carbocycles. The number of likely N-dealkylation sites (tertiary alicyclic amines) is 1. The first-order chi connectivity index (χ1) is 9.13. The SMILES string of the molecule is CN(C)C(=O)CC(CN)N1CCCC1C1CCCC1. The summed E-state index contributed by atoms with van der Waals surface area (Å²) in [4.78, 5) is 16.2. The van der Waals surface area contributed by atoms with Gasteiger partial charge in [0.25, 0.3) is 0 Å². The maximum absolute atomic E-state index is 11.9. The van der Waals surface area contributed by atoms with Crippen molar-refractivity contribution in [3.63, 3.8) is 0 Å². The molecule has 0 radical (unpaired) electrons. The molecular weight excluding hydrogens is 238 g/mol. The Balaban J connectivity index is 1.97. The van der Waals surface area contributed by atoms with Crippen LogP contribution >= 0.6 is 0 Å².